The lowest BCUT2D eigenvalue weighted by Gasteiger charge is -2.07. The second kappa shape index (κ2) is 4.96. The van der Waals surface area contributed by atoms with Crippen molar-refractivity contribution < 1.29 is 4.79 Å². The number of hydrogen-bond donors (Lipinski definition) is 2. The number of aryl methyl sites for hydroxylation is 3. The summed E-state index contributed by atoms with van der Waals surface area (Å²) >= 11 is 0. The molecular weight excluding hydrogens is 256 g/mol. The van der Waals surface area contributed by atoms with Gasteiger partial charge in [0.15, 0.2) is 0 Å². The molecule has 104 valence electrons. The molecule has 6 heteroatoms. The van der Waals surface area contributed by atoms with E-state index in [2.05, 4.69) is 15.4 Å². The van der Waals surface area contributed by atoms with Gasteiger partial charge in [0.05, 0.1) is 12.2 Å². The van der Waals surface area contributed by atoms with Crippen LogP contribution in [0.15, 0.2) is 23.1 Å². The van der Waals surface area contributed by atoms with Crippen molar-refractivity contribution >= 4 is 5.91 Å². The summed E-state index contributed by atoms with van der Waals surface area (Å²) in [5.41, 5.74) is 2.81. The summed E-state index contributed by atoms with van der Waals surface area (Å²) in [6.07, 6.45) is 4.52. The molecule has 0 saturated carbocycles. The summed E-state index contributed by atoms with van der Waals surface area (Å²) in [6, 6.07) is 3.55. The zero-order valence-corrected chi connectivity index (χ0v) is 11.3. The average molecular weight is 272 g/mol. The number of nitrogens with one attached hydrogen (secondary N) is 2. The first kappa shape index (κ1) is 12.7. The number of H-pyrrole nitrogens is 1. The van der Waals surface area contributed by atoms with Crippen LogP contribution in [-0.4, -0.2) is 20.7 Å². The highest BCUT2D eigenvalue weighted by molar-refractivity contribution is 5.94. The topological polar surface area (TPSA) is 79.8 Å². The van der Waals surface area contributed by atoms with E-state index in [0.29, 0.717) is 6.54 Å². The van der Waals surface area contributed by atoms with E-state index in [1.54, 1.807) is 16.9 Å². The predicted octanol–water partition coefficient (Wildman–Crippen LogP) is 0.527. The van der Waals surface area contributed by atoms with Gasteiger partial charge in [-0.1, -0.05) is 0 Å². The van der Waals surface area contributed by atoms with Gasteiger partial charge in [0.1, 0.15) is 5.56 Å². The molecule has 1 aliphatic rings. The maximum atomic E-state index is 12.1. The summed E-state index contributed by atoms with van der Waals surface area (Å²) in [4.78, 5) is 26.8. The van der Waals surface area contributed by atoms with Crippen LogP contribution in [0.2, 0.25) is 0 Å². The molecule has 3 rings (SSSR count). The Morgan fingerprint density at radius 1 is 1.50 bits per heavy atom. The number of fused-ring (bicyclic) bond motifs is 1. The molecule has 0 bridgehead atoms. The van der Waals surface area contributed by atoms with Crippen molar-refractivity contribution in [3.05, 3.63) is 51.2 Å². The summed E-state index contributed by atoms with van der Waals surface area (Å²) in [5.74, 6) is -0.345. The van der Waals surface area contributed by atoms with Crippen LogP contribution < -0.4 is 10.9 Å². The number of aromatic amines is 1. The van der Waals surface area contributed by atoms with Gasteiger partial charge in [0, 0.05) is 18.9 Å². The summed E-state index contributed by atoms with van der Waals surface area (Å²) in [5, 5.41) is 6.78. The second-order valence-electron chi connectivity index (χ2n) is 5.00. The standard InChI is InChI=1S/C14H16N4O2/c1-18-10(5-6-16-18)8-15-13(19)11-7-9-3-2-4-12(9)17-14(11)20/h5-7H,2-4,8H2,1H3,(H,15,19)(H,17,20). The number of carbonyl (C=O) groups is 1. The Morgan fingerprint density at radius 2 is 2.35 bits per heavy atom. The molecule has 1 amide bonds. The lowest BCUT2D eigenvalue weighted by molar-refractivity contribution is 0.0948. The zero-order chi connectivity index (χ0) is 14.1. The van der Waals surface area contributed by atoms with E-state index < -0.39 is 0 Å². The molecule has 0 atom stereocenters. The Labute approximate surface area is 115 Å². The first-order valence-electron chi connectivity index (χ1n) is 6.65. The monoisotopic (exact) mass is 272 g/mol. The molecule has 0 radical (unpaired) electrons. The van der Waals surface area contributed by atoms with Gasteiger partial charge < -0.3 is 10.3 Å². The van der Waals surface area contributed by atoms with Crippen LogP contribution in [0.25, 0.3) is 0 Å². The molecule has 2 aromatic rings. The van der Waals surface area contributed by atoms with Gasteiger partial charge in [-0.15, -0.1) is 0 Å². The minimum atomic E-state index is -0.345. The predicted molar refractivity (Wildman–Crippen MR) is 73.5 cm³/mol. The van der Waals surface area contributed by atoms with E-state index in [1.165, 1.54) is 0 Å². The molecule has 0 saturated heterocycles. The normalized spacial score (nSPS) is 13.2. The molecule has 2 N–H and O–H groups in total. The van der Waals surface area contributed by atoms with Crippen molar-refractivity contribution in [3.8, 4) is 0 Å². The third-order valence-corrected chi connectivity index (χ3v) is 3.69. The minimum absolute atomic E-state index is 0.188. The summed E-state index contributed by atoms with van der Waals surface area (Å²) in [6.45, 7) is 0.353. The van der Waals surface area contributed by atoms with E-state index in [9.17, 15) is 9.59 Å². The SMILES string of the molecule is Cn1nccc1CNC(=O)c1cc2c([nH]c1=O)CCC2. The fraction of sp³-hybridized carbons (Fsp3) is 0.357. The molecule has 0 spiro atoms. The zero-order valence-electron chi connectivity index (χ0n) is 11.3. The first-order chi connectivity index (χ1) is 9.65. The highest BCUT2D eigenvalue weighted by Gasteiger charge is 2.18. The van der Waals surface area contributed by atoms with Crippen LogP contribution in [0.4, 0.5) is 0 Å². The van der Waals surface area contributed by atoms with Crippen molar-refractivity contribution in [2.45, 2.75) is 25.8 Å². The lowest BCUT2D eigenvalue weighted by Crippen LogP contribution is -2.30. The van der Waals surface area contributed by atoms with Crippen LogP contribution in [0.3, 0.4) is 0 Å². The molecule has 1 aliphatic carbocycles. The number of hydrogen-bond acceptors (Lipinski definition) is 3. The van der Waals surface area contributed by atoms with Crippen LogP contribution in [0.1, 0.15) is 33.7 Å². The van der Waals surface area contributed by atoms with Gasteiger partial charge in [-0.05, 0) is 37.0 Å². The average Bonchev–Trinajstić information content (AvgIpc) is 3.03. The smallest absolute Gasteiger partial charge is 0.261 e. The van der Waals surface area contributed by atoms with Gasteiger partial charge in [-0.2, -0.15) is 5.10 Å². The van der Waals surface area contributed by atoms with Crippen LogP contribution in [0.5, 0.6) is 0 Å². The Morgan fingerprint density at radius 3 is 3.10 bits per heavy atom. The van der Waals surface area contributed by atoms with Crippen molar-refractivity contribution in [1.82, 2.24) is 20.1 Å². The fourth-order valence-electron chi connectivity index (χ4n) is 2.52. The molecule has 6 nitrogen and oxygen atoms in total. The largest absolute Gasteiger partial charge is 0.346 e. The van der Waals surface area contributed by atoms with Crippen molar-refractivity contribution in [2.75, 3.05) is 0 Å². The third kappa shape index (κ3) is 2.24. The summed E-state index contributed by atoms with van der Waals surface area (Å²) < 4.78 is 1.69. The number of nitrogens with zero attached hydrogens (tertiary/aromatic N) is 2. The number of carbonyl (C=O) groups excluding carboxylic acids is 1. The van der Waals surface area contributed by atoms with E-state index in [1.807, 2.05) is 13.1 Å². The molecule has 20 heavy (non-hydrogen) atoms. The van der Waals surface area contributed by atoms with E-state index in [4.69, 9.17) is 0 Å². The van der Waals surface area contributed by atoms with Gasteiger partial charge in [0.25, 0.3) is 11.5 Å². The van der Waals surface area contributed by atoms with E-state index in [-0.39, 0.29) is 17.0 Å². The van der Waals surface area contributed by atoms with Crippen LogP contribution >= 0.6 is 0 Å². The van der Waals surface area contributed by atoms with Crippen LogP contribution in [-0.2, 0) is 26.4 Å². The van der Waals surface area contributed by atoms with Gasteiger partial charge in [-0.3, -0.25) is 14.3 Å². The summed E-state index contributed by atoms with van der Waals surface area (Å²) in [7, 11) is 1.81. The van der Waals surface area contributed by atoms with E-state index >= 15 is 0 Å². The lowest BCUT2D eigenvalue weighted by atomic mass is 10.1. The quantitative estimate of drug-likeness (QED) is 0.855. The van der Waals surface area contributed by atoms with E-state index in [0.717, 1.165) is 36.2 Å². The molecule has 0 fully saturated rings. The number of amides is 1. The van der Waals surface area contributed by atoms with Crippen molar-refractivity contribution in [2.24, 2.45) is 7.05 Å². The van der Waals surface area contributed by atoms with Gasteiger partial charge in [0.2, 0.25) is 0 Å². The third-order valence-electron chi connectivity index (χ3n) is 3.69. The van der Waals surface area contributed by atoms with Crippen molar-refractivity contribution in [1.29, 1.82) is 0 Å². The second-order valence-corrected chi connectivity index (χ2v) is 5.00. The van der Waals surface area contributed by atoms with Gasteiger partial charge in [-0.25, -0.2) is 0 Å². The Kier molecular flexibility index (Phi) is 3.14. The Balaban J connectivity index is 1.78. The van der Waals surface area contributed by atoms with Crippen LogP contribution in [0, 0.1) is 0 Å². The van der Waals surface area contributed by atoms with Gasteiger partial charge >= 0.3 is 0 Å². The highest BCUT2D eigenvalue weighted by Crippen LogP contribution is 2.18. The number of pyridine rings is 1. The maximum absolute atomic E-state index is 12.1. The van der Waals surface area contributed by atoms with Crippen molar-refractivity contribution in [3.63, 3.8) is 0 Å². The number of rotatable bonds is 3. The molecule has 2 heterocycles. The minimum Gasteiger partial charge on any atom is -0.346 e. The number of aromatic nitrogens is 3. The first-order valence-corrected chi connectivity index (χ1v) is 6.65. The molecular formula is C14H16N4O2. The molecule has 0 aliphatic heterocycles. The highest BCUT2D eigenvalue weighted by atomic mass is 16.2. The maximum Gasteiger partial charge on any atom is 0.261 e. The Bertz CT molecular complexity index is 714. The molecule has 0 unspecified atom stereocenters. The molecule has 2 aromatic heterocycles. The Hall–Kier alpha value is -2.37. The fourth-order valence-corrected chi connectivity index (χ4v) is 2.52. The molecule has 0 aromatic carbocycles.